The van der Waals surface area contributed by atoms with Gasteiger partial charge in [-0.2, -0.15) is 0 Å². The van der Waals surface area contributed by atoms with Gasteiger partial charge < -0.3 is 29.9 Å². The third-order valence-electron chi connectivity index (χ3n) is 8.55. The second-order valence-corrected chi connectivity index (χ2v) is 17.6. The van der Waals surface area contributed by atoms with Gasteiger partial charge in [0.2, 0.25) is 0 Å². The molecule has 0 N–H and O–H groups in total. The average Bonchev–Trinajstić information content (AvgIpc) is 3.92. The van der Waals surface area contributed by atoms with Crippen LogP contribution in [0.1, 0.15) is 0 Å². The van der Waals surface area contributed by atoms with Gasteiger partial charge in [-0.3, -0.25) is 0 Å². The summed E-state index contributed by atoms with van der Waals surface area (Å²) < 4.78 is 0. The number of hydrogen-bond donors (Lipinski definition) is 0. The van der Waals surface area contributed by atoms with Crippen LogP contribution in [0.15, 0.2) is 0 Å². The summed E-state index contributed by atoms with van der Waals surface area (Å²) in [6.45, 7) is 0. The fraction of sp³-hybridized carbons (Fsp3) is 0. The number of nitrogens with zero attached hydrogens (tertiary/aromatic N) is 8. The number of rotatable bonds is 0. The Labute approximate surface area is 408 Å². The van der Waals surface area contributed by atoms with Gasteiger partial charge in [0.1, 0.15) is 0 Å². The summed E-state index contributed by atoms with van der Waals surface area (Å²) >= 11 is 107. The van der Waals surface area contributed by atoms with E-state index in [1.807, 2.05) is 0 Å². The summed E-state index contributed by atoms with van der Waals surface area (Å²) in [6.07, 6.45) is 0. The van der Waals surface area contributed by atoms with Crippen LogP contribution in [0.2, 0.25) is 80.4 Å². The molecule has 0 aliphatic carbocycles. The molecule has 2 aliphatic heterocycles. The van der Waals surface area contributed by atoms with E-state index in [2.05, 4.69) is 19.9 Å². The number of benzene rings is 4. The first-order chi connectivity index (χ1) is 26.4. The smallest absolute Gasteiger partial charge is 0.0944 e. The molecule has 25 heteroatoms. The standard InChI is InChI=1S/C32Cl16N8.Cu/c33-9-1-2(10(34)18(42)17(9)41)26-49-25(1)53-27-3-4(12(36)20(44)19(43)11(3)35)29(50-27)55-31-7-8(16(40)24(48)23(47)15(7)39)32(52-31)56-30-6-5(28(51-30)54-26)13(37)21(45)22(46)14(6)38;/q-2;. The Balaban J connectivity index is 0.00000455. The minimum Gasteiger partial charge on any atom is -0.357 e. The normalized spacial score (nSPS) is 12.1. The quantitative estimate of drug-likeness (QED) is 0.0840. The second kappa shape index (κ2) is 15.3. The minimum atomic E-state index is -0.109. The number of halogens is 16. The molecule has 0 amide bonds. The van der Waals surface area contributed by atoms with Crippen molar-refractivity contribution in [3.63, 3.8) is 0 Å². The monoisotopic (exact) mass is 1120 g/mol. The summed E-state index contributed by atoms with van der Waals surface area (Å²) in [5.41, 5.74) is -0.000693. The van der Waals surface area contributed by atoms with Crippen molar-refractivity contribution in [3.8, 4) is 45.6 Å². The molecule has 2 aliphatic rings. The molecule has 8 bridgehead atoms. The average molecular weight is 1130 g/mol. The molecular weight excluding hydrogens is 1130 g/mol. The van der Waals surface area contributed by atoms with E-state index in [-0.39, 0.29) is 187 Å². The van der Waals surface area contributed by atoms with Gasteiger partial charge in [0.05, 0.1) is 104 Å². The maximum atomic E-state index is 6.82. The molecule has 293 valence electrons. The van der Waals surface area contributed by atoms with E-state index in [4.69, 9.17) is 206 Å². The molecule has 0 fully saturated rings. The first-order valence-corrected chi connectivity index (χ1v) is 20.6. The fourth-order valence-electron chi connectivity index (χ4n) is 6.10. The molecule has 57 heavy (non-hydrogen) atoms. The van der Waals surface area contributed by atoms with Crippen LogP contribution in [0.25, 0.3) is 89.7 Å². The molecule has 1 radical (unpaired) electrons. The zero-order chi connectivity index (χ0) is 40.1. The van der Waals surface area contributed by atoms with Crippen LogP contribution in [0, 0.1) is 0 Å². The summed E-state index contributed by atoms with van der Waals surface area (Å²) in [6, 6.07) is 0. The van der Waals surface area contributed by atoms with Crippen molar-refractivity contribution in [1.82, 2.24) is 39.9 Å². The van der Waals surface area contributed by atoms with Crippen LogP contribution >= 0.6 is 186 Å². The van der Waals surface area contributed by atoms with Crippen LogP contribution in [0.3, 0.4) is 0 Å². The van der Waals surface area contributed by atoms with Gasteiger partial charge in [-0.1, -0.05) is 186 Å². The molecule has 4 aromatic carbocycles. The van der Waals surface area contributed by atoms with E-state index < -0.39 is 0 Å². The topological polar surface area (TPSA) is 106 Å². The molecule has 0 saturated heterocycles. The first-order valence-electron chi connectivity index (χ1n) is 14.6. The zero-order valence-corrected chi connectivity index (χ0v) is 39.0. The predicted octanol–water partition coefficient (Wildman–Crippen LogP) is 16.6. The Morgan fingerprint density at radius 2 is 0.404 bits per heavy atom. The van der Waals surface area contributed by atoms with Crippen LogP contribution in [0.5, 0.6) is 0 Å². The molecule has 9 rings (SSSR count). The van der Waals surface area contributed by atoms with Gasteiger partial charge in [-0.05, 0) is 0 Å². The van der Waals surface area contributed by atoms with Gasteiger partial charge in [0.15, 0.2) is 0 Å². The Morgan fingerprint density at radius 1 is 0.228 bits per heavy atom. The molecule has 7 aromatic rings. The van der Waals surface area contributed by atoms with Gasteiger partial charge in [0, 0.05) is 83.5 Å². The van der Waals surface area contributed by atoms with Gasteiger partial charge in [0.25, 0.3) is 0 Å². The van der Waals surface area contributed by atoms with Crippen LogP contribution in [-0.4, -0.2) is 29.9 Å². The van der Waals surface area contributed by atoms with Gasteiger partial charge >= 0.3 is 0 Å². The summed E-state index contributed by atoms with van der Waals surface area (Å²) in [5.74, 6) is -0.437. The van der Waals surface area contributed by atoms with Crippen molar-refractivity contribution in [1.29, 1.82) is 0 Å². The van der Waals surface area contributed by atoms with E-state index in [0.717, 1.165) is 0 Å². The largest absolute Gasteiger partial charge is 0.357 e. The van der Waals surface area contributed by atoms with Crippen LogP contribution in [-0.2, 0) is 17.1 Å². The maximum Gasteiger partial charge on any atom is 0.0944 e. The maximum absolute atomic E-state index is 6.82. The van der Waals surface area contributed by atoms with Gasteiger partial charge in [-0.25, -0.2) is 9.97 Å². The Bertz CT molecular complexity index is 2820. The SMILES string of the molecule is Clc1c(Cl)c(Cl)c2c(c1Cl)-c1nc-2nc2[n-]c(nc3nc(nc4[n-]c(n1)c1c(Cl)c(Cl)c(Cl)c(Cl)c41)-c1c(Cl)c(Cl)c(Cl)c(Cl)c1-3)c1c(Cl)c(Cl)c(Cl)c(Cl)c21.[Cu]. The van der Waals surface area contributed by atoms with E-state index in [0.29, 0.717) is 0 Å². The van der Waals surface area contributed by atoms with Crippen molar-refractivity contribution in [3.05, 3.63) is 80.4 Å². The van der Waals surface area contributed by atoms with Crippen molar-refractivity contribution in [2.24, 2.45) is 0 Å². The second-order valence-electron chi connectivity index (χ2n) is 11.5. The van der Waals surface area contributed by atoms with E-state index in [9.17, 15) is 0 Å². The summed E-state index contributed by atoms with van der Waals surface area (Å²) in [7, 11) is 0. The molecular formula is C32Cl16CuN8-2. The number of hydrogen-bond acceptors (Lipinski definition) is 6. The molecule has 5 heterocycles. The van der Waals surface area contributed by atoms with Gasteiger partial charge in [-0.15, -0.1) is 0 Å². The molecule has 0 spiro atoms. The molecule has 3 aromatic heterocycles. The number of fused-ring (bicyclic) bond motifs is 20. The number of aromatic nitrogens is 8. The minimum absolute atomic E-state index is 0. The van der Waals surface area contributed by atoms with Crippen molar-refractivity contribution < 1.29 is 17.1 Å². The fourth-order valence-corrected chi connectivity index (χ4v) is 10.2. The Morgan fingerprint density at radius 3 is 0.596 bits per heavy atom. The summed E-state index contributed by atoms with van der Waals surface area (Å²) in [5, 5.41) is -1.06. The molecule has 8 nitrogen and oxygen atoms in total. The predicted molar refractivity (Wildman–Crippen MR) is 234 cm³/mol. The van der Waals surface area contributed by atoms with E-state index in [1.54, 1.807) is 0 Å². The zero-order valence-electron chi connectivity index (χ0n) is 25.9. The van der Waals surface area contributed by atoms with Crippen LogP contribution < -0.4 is 9.97 Å². The van der Waals surface area contributed by atoms with E-state index >= 15 is 0 Å². The summed E-state index contributed by atoms with van der Waals surface area (Å²) in [4.78, 5) is 37.7. The molecule has 0 unspecified atom stereocenters. The Kier molecular flexibility index (Phi) is 11.6. The first kappa shape index (κ1) is 43.1. The van der Waals surface area contributed by atoms with Crippen LogP contribution in [0.4, 0.5) is 0 Å². The van der Waals surface area contributed by atoms with Crippen molar-refractivity contribution >= 4 is 230 Å². The van der Waals surface area contributed by atoms with E-state index in [1.165, 1.54) is 0 Å². The van der Waals surface area contributed by atoms with Crippen molar-refractivity contribution in [2.75, 3.05) is 0 Å². The van der Waals surface area contributed by atoms with Crippen molar-refractivity contribution in [2.45, 2.75) is 0 Å². The molecule has 0 atom stereocenters. The third kappa shape index (κ3) is 6.22. The molecule has 0 saturated carbocycles. The third-order valence-corrected chi connectivity index (χ3v) is 15.8. The Hall–Kier alpha value is -0.601.